The van der Waals surface area contributed by atoms with Gasteiger partial charge >= 0.3 is 0 Å². The Kier molecular flexibility index (Phi) is 5.53. The highest BCUT2D eigenvalue weighted by atomic mass is 35.5. The second kappa shape index (κ2) is 7.16. The predicted molar refractivity (Wildman–Crippen MR) is 81.0 cm³/mol. The maximum Gasteiger partial charge on any atom is 0.121 e. The number of hydrogen-bond donors (Lipinski definition) is 1. The summed E-state index contributed by atoms with van der Waals surface area (Å²) < 4.78 is 6.08. The van der Waals surface area contributed by atoms with Crippen molar-refractivity contribution in [2.24, 2.45) is 5.92 Å². The number of halogens is 1. The van der Waals surface area contributed by atoms with Crippen molar-refractivity contribution in [3.05, 3.63) is 29.3 Å². The van der Waals surface area contributed by atoms with E-state index in [1.807, 2.05) is 24.3 Å². The molecular weight excluding hydrogens is 258 g/mol. The largest absolute Gasteiger partial charge is 0.489 e. The van der Waals surface area contributed by atoms with Gasteiger partial charge in [0.25, 0.3) is 0 Å². The summed E-state index contributed by atoms with van der Waals surface area (Å²) in [5.74, 6) is 1.61. The van der Waals surface area contributed by atoms with E-state index in [4.69, 9.17) is 16.3 Å². The normalized spacial score (nSPS) is 19.3. The van der Waals surface area contributed by atoms with Crippen LogP contribution in [0.4, 0.5) is 0 Å². The van der Waals surface area contributed by atoms with Crippen LogP contribution >= 0.6 is 11.6 Å². The maximum absolute atomic E-state index is 6.08. The molecule has 1 saturated carbocycles. The van der Waals surface area contributed by atoms with Crippen molar-refractivity contribution in [2.45, 2.75) is 51.7 Å². The Morgan fingerprint density at radius 1 is 1.37 bits per heavy atom. The highest BCUT2D eigenvalue weighted by Gasteiger charge is 2.29. The van der Waals surface area contributed by atoms with E-state index < -0.39 is 0 Å². The molecule has 2 rings (SSSR count). The van der Waals surface area contributed by atoms with Gasteiger partial charge in [-0.05, 0) is 50.4 Å². The van der Waals surface area contributed by atoms with E-state index >= 15 is 0 Å². The zero-order chi connectivity index (χ0) is 13.7. The molecule has 1 aliphatic carbocycles. The molecule has 0 spiro atoms. The van der Waals surface area contributed by atoms with Gasteiger partial charge in [0.2, 0.25) is 0 Å². The fourth-order valence-electron chi connectivity index (χ4n) is 3.10. The molecule has 0 bridgehead atoms. The number of rotatable bonds is 6. The van der Waals surface area contributed by atoms with Gasteiger partial charge in [-0.2, -0.15) is 0 Å². The first-order valence-corrected chi connectivity index (χ1v) is 7.74. The molecule has 0 radical (unpaired) electrons. The molecule has 1 N–H and O–H groups in total. The number of benzene rings is 1. The molecule has 1 fully saturated rings. The summed E-state index contributed by atoms with van der Waals surface area (Å²) in [6, 6.07) is 8.10. The predicted octanol–water partition coefficient (Wildman–Crippen LogP) is 4.28. The summed E-state index contributed by atoms with van der Waals surface area (Å²) in [5.41, 5.74) is 0. The van der Waals surface area contributed by atoms with Crippen LogP contribution in [0.5, 0.6) is 5.75 Å². The number of nitrogens with one attached hydrogen (secondary N) is 1. The van der Waals surface area contributed by atoms with Crippen molar-refractivity contribution in [3.63, 3.8) is 0 Å². The molecule has 0 heterocycles. The summed E-state index contributed by atoms with van der Waals surface area (Å²) in [6.45, 7) is 5.31. The molecule has 0 saturated heterocycles. The summed E-state index contributed by atoms with van der Waals surface area (Å²) in [6.07, 6.45) is 5.52. The minimum atomic E-state index is 0.168. The summed E-state index contributed by atoms with van der Waals surface area (Å²) >= 11 is 6.00. The summed E-state index contributed by atoms with van der Waals surface area (Å²) in [4.78, 5) is 0. The van der Waals surface area contributed by atoms with E-state index in [9.17, 15) is 0 Å². The zero-order valence-corrected chi connectivity index (χ0v) is 12.6. The van der Waals surface area contributed by atoms with Gasteiger partial charge in [-0.3, -0.25) is 0 Å². The van der Waals surface area contributed by atoms with E-state index in [0.29, 0.717) is 6.04 Å². The second-order valence-electron chi connectivity index (χ2n) is 5.41. The molecule has 106 valence electrons. The lowest BCUT2D eigenvalue weighted by Gasteiger charge is -2.30. The Balaban J connectivity index is 2.00. The van der Waals surface area contributed by atoms with Gasteiger partial charge < -0.3 is 10.1 Å². The Bertz CT molecular complexity index is 390. The molecule has 2 nitrogen and oxygen atoms in total. The minimum Gasteiger partial charge on any atom is -0.489 e. The van der Waals surface area contributed by atoms with Crippen LogP contribution in [-0.4, -0.2) is 18.7 Å². The van der Waals surface area contributed by atoms with Crippen molar-refractivity contribution in [3.8, 4) is 5.75 Å². The van der Waals surface area contributed by atoms with Crippen molar-refractivity contribution in [2.75, 3.05) is 6.54 Å². The fraction of sp³-hybridized carbons (Fsp3) is 0.625. The first-order valence-electron chi connectivity index (χ1n) is 7.36. The molecule has 3 heteroatoms. The van der Waals surface area contributed by atoms with Gasteiger partial charge in [0.15, 0.2) is 0 Å². The van der Waals surface area contributed by atoms with Gasteiger partial charge in [-0.1, -0.05) is 37.4 Å². The van der Waals surface area contributed by atoms with Crippen molar-refractivity contribution < 1.29 is 4.74 Å². The van der Waals surface area contributed by atoms with Gasteiger partial charge in [0.1, 0.15) is 11.9 Å². The van der Waals surface area contributed by atoms with Gasteiger partial charge in [-0.25, -0.2) is 0 Å². The van der Waals surface area contributed by atoms with Crippen molar-refractivity contribution in [1.29, 1.82) is 0 Å². The Hall–Kier alpha value is -0.730. The second-order valence-corrected chi connectivity index (χ2v) is 5.84. The Labute approximate surface area is 121 Å². The van der Waals surface area contributed by atoms with E-state index in [0.717, 1.165) is 23.2 Å². The molecule has 19 heavy (non-hydrogen) atoms. The maximum atomic E-state index is 6.08. The highest BCUT2D eigenvalue weighted by molar-refractivity contribution is 6.30. The Morgan fingerprint density at radius 2 is 2.11 bits per heavy atom. The van der Waals surface area contributed by atoms with Gasteiger partial charge in [-0.15, -0.1) is 0 Å². The third-order valence-electron chi connectivity index (χ3n) is 3.97. The van der Waals surface area contributed by atoms with Crippen LogP contribution in [0.2, 0.25) is 5.02 Å². The average Bonchev–Trinajstić information content (AvgIpc) is 2.89. The first-order chi connectivity index (χ1) is 9.20. The molecule has 0 aliphatic heterocycles. The molecule has 0 amide bonds. The molecular formula is C16H24ClNO. The number of ether oxygens (including phenoxy) is 1. The molecule has 1 aliphatic rings. The van der Waals surface area contributed by atoms with Crippen LogP contribution in [0.3, 0.4) is 0 Å². The van der Waals surface area contributed by atoms with E-state index in [2.05, 4.69) is 19.2 Å². The standard InChI is InChI=1S/C16H24ClNO/c1-3-18-16(13-7-4-5-8-13)12(2)19-15-10-6-9-14(17)11-15/h6,9-13,16,18H,3-5,7-8H2,1-2H3. The smallest absolute Gasteiger partial charge is 0.121 e. The molecule has 0 aromatic heterocycles. The van der Waals surface area contributed by atoms with Gasteiger partial charge in [0, 0.05) is 11.1 Å². The van der Waals surface area contributed by atoms with E-state index in [-0.39, 0.29) is 6.10 Å². The van der Waals surface area contributed by atoms with Crippen LogP contribution in [0, 0.1) is 5.92 Å². The third-order valence-corrected chi connectivity index (χ3v) is 4.21. The number of hydrogen-bond acceptors (Lipinski definition) is 2. The topological polar surface area (TPSA) is 21.3 Å². The summed E-state index contributed by atoms with van der Waals surface area (Å²) in [5, 5.41) is 4.33. The van der Waals surface area contributed by atoms with E-state index in [1.165, 1.54) is 25.7 Å². The quantitative estimate of drug-likeness (QED) is 0.840. The van der Waals surface area contributed by atoms with Crippen molar-refractivity contribution >= 4 is 11.6 Å². The SMILES string of the molecule is CCNC(C1CCCC1)C(C)Oc1cccc(Cl)c1. The lowest BCUT2D eigenvalue weighted by molar-refractivity contribution is 0.136. The van der Waals surface area contributed by atoms with Crippen LogP contribution in [-0.2, 0) is 0 Å². The van der Waals surface area contributed by atoms with Crippen LogP contribution in [0.25, 0.3) is 0 Å². The first kappa shape index (κ1) is 14.7. The van der Waals surface area contributed by atoms with Gasteiger partial charge in [0.05, 0.1) is 0 Å². The van der Waals surface area contributed by atoms with Crippen LogP contribution in [0.1, 0.15) is 39.5 Å². The third kappa shape index (κ3) is 4.12. The van der Waals surface area contributed by atoms with Crippen LogP contribution < -0.4 is 10.1 Å². The fourth-order valence-corrected chi connectivity index (χ4v) is 3.28. The average molecular weight is 282 g/mol. The lowest BCUT2D eigenvalue weighted by Crippen LogP contribution is -2.46. The Morgan fingerprint density at radius 3 is 2.74 bits per heavy atom. The number of likely N-dealkylation sites (N-methyl/N-ethyl adjacent to an activating group) is 1. The van der Waals surface area contributed by atoms with Crippen molar-refractivity contribution in [1.82, 2.24) is 5.32 Å². The molecule has 1 aromatic rings. The molecule has 2 unspecified atom stereocenters. The van der Waals surface area contributed by atoms with Crippen LogP contribution in [0.15, 0.2) is 24.3 Å². The molecule has 1 aromatic carbocycles. The zero-order valence-electron chi connectivity index (χ0n) is 11.9. The highest BCUT2D eigenvalue weighted by Crippen LogP contribution is 2.30. The minimum absolute atomic E-state index is 0.168. The molecule has 2 atom stereocenters. The van der Waals surface area contributed by atoms with E-state index in [1.54, 1.807) is 0 Å². The lowest BCUT2D eigenvalue weighted by atomic mass is 9.94. The summed E-state index contributed by atoms with van der Waals surface area (Å²) in [7, 11) is 0. The monoisotopic (exact) mass is 281 g/mol.